The first-order valence-corrected chi connectivity index (χ1v) is 10.2. The highest BCUT2D eigenvalue weighted by molar-refractivity contribution is 5.73. The molecule has 13 heteroatoms. The Morgan fingerprint density at radius 2 is 1.86 bits per heavy atom. The van der Waals surface area contributed by atoms with Gasteiger partial charge in [0.1, 0.15) is 18.5 Å². The molecule has 2 aromatic carbocycles. The van der Waals surface area contributed by atoms with Gasteiger partial charge in [-0.25, -0.2) is 4.79 Å². The van der Waals surface area contributed by atoms with Crippen LogP contribution in [0.2, 0.25) is 0 Å². The van der Waals surface area contributed by atoms with Crippen LogP contribution >= 0.6 is 0 Å². The lowest BCUT2D eigenvalue weighted by atomic mass is 10.1. The molecule has 1 aliphatic heterocycles. The number of benzene rings is 2. The fourth-order valence-corrected chi connectivity index (χ4v) is 3.41. The number of ether oxygens (including phenoxy) is 2. The normalized spacial score (nSPS) is 18.2. The van der Waals surface area contributed by atoms with E-state index in [2.05, 4.69) is 10.6 Å². The highest BCUT2D eigenvalue weighted by atomic mass is 19.4. The van der Waals surface area contributed by atoms with E-state index in [9.17, 15) is 31.1 Å². The van der Waals surface area contributed by atoms with Crippen LogP contribution in [-0.2, 0) is 17.5 Å². The van der Waals surface area contributed by atoms with E-state index in [0.29, 0.717) is 16.7 Å². The Hall–Kier alpha value is -3.66. The predicted molar refractivity (Wildman–Crippen MR) is 111 cm³/mol. The maximum atomic E-state index is 13.6. The first-order chi connectivity index (χ1) is 16.4. The van der Waals surface area contributed by atoms with Crippen molar-refractivity contribution in [2.75, 3.05) is 25.1 Å². The van der Waals surface area contributed by atoms with Gasteiger partial charge in [0.25, 0.3) is 0 Å². The average molecular weight is 502 g/mol. The van der Waals surface area contributed by atoms with Gasteiger partial charge in [0.2, 0.25) is 6.23 Å². The number of carbonyl (C=O) groups is 1. The van der Waals surface area contributed by atoms with Crippen LogP contribution in [-0.4, -0.2) is 44.7 Å². The Morgan fingerprint density at radius 3 is 2.43 bits per heavy atom. The third-order valence-electron chi connectivity index (χ3n) is 5.08. The fourth-order valence-electron chi connectivity index (χ4n) is 3.41. The van der Waals surface area contributed by atoms with E-state index in [1.165, 1.54) is 13.1 Å². The standard InChI is InChI=1S/C22H20F6N4O3/c1-30-20(33)31-10-13-2-6-16(7-3-13)34-12-17-11-32(19(35-17)22(26,27)28)15-5-4-14(9-29)18(8-15)21(23,24)25/h2-8,17,19H,10-12H2,1H3,(H2,30,31,33)/t17-,19+/m0/s1. The van der Waals surface area contributed by atoms with Crippen LogP contribution in [0.4, 0.5) is 36.8 Å². The number of carbonyl (C=O) groups excluding carboxylic acids is 1. The van der Waals surface area contributed by atoms with Crippen molar-refractivity contribution >= 4 is 11.7 Å². The summed E-state index contributed by atoms with van der Waals surface area (Å²) in [5.74, 6) is 0.331. The molecule has 0 unspecified atom stereocenters. The van der Waals surface area contributed by atoms with Crippen LogP contribution in [0.15, 0.2) is 42.5 Å². The van der Waals surface area contributed by atoms with Crippen molar-refractivity contribution in [3.05, 3.63) is 59.2 Å². The van der Waals surface area contributed by atoms with Crippen LogP contribution in [0, 0.1) is 11.3 Å². The zero-order valence-electron chi connectivity index (χ0n) is 18.2. The SMILES string of the molecule is CNC(=O)NCc1ccc(OC[C@@H]2CN(c3ccc(C#N)c(C(F)(F)F)c3)[C@@H](C(F)(F)F)O2)cc1. The first kappa shape index (κ1) is 26.0. The van der Waals surface area contributed by atoms with Gasteiger partial charge in [0.15, 0.2) is 0 Å². The van der Waals surface area contributed by atoms with E-state index in [-0.39, 0.29) is 31.4 Å². The van der Waals surface area contributed by atoms with Gasteiger partial charge in [-0.1, -0.05) is 12.1 Å². The molecule has 0 aromatic heterocycles. The zero-order chi connectivity index (χ0) is 25.8. The number of nitrogens with zero attached hydrogens (tertiary/aromatic N) is 2. The minimum Gasteiger partial charge on any atom is -0.491 e. The Kier molecular flexibility index (Phi) is 7.64. The van der Waals surface area contributed by atoms with Gasteiger partial charge >= 0.3 is 18.4 Å². The predicted octanol–water partition coefficient (Wildman–Crippen LogP) is 4.18. The maximum Gasteiger partial charge on any atom is 0.433 e. The molecule has 2 N–H and O–H groups in total. The van der Waals surface area contributed by atoms with Crippen molar-refractivity contribution in [3.63, 3.8) is 0 Å². The van der Waals surface area contributed by atoms with Crippen LogP contribution in [0.1, 0.15) is 16.7 Å². The minimum absolute atomic E-state index is 0.248. The number of anilines is 1. The molecule has 1 heterocycles. The minimum atomic E-state index is -4.92. The first-order valence-electron chi connectivity index (χ1n) is 10.2. The third kappa shape index (κ3) is 6.48. The number of amides is 2. The van der Waals surface area contributed by atoms with Gasteiger partial charge in [-0.3, -0.25) is 0 Å². The van der Waals surface area contributed by atoms with Gasteiger partial charge in [0, 0.05) is 19.3 Å². The maximum absolute atomic E-state index is 13.6. The number of halogens is 6. The summed E-state index contributed by atoms with van der Waals surface area (Å²) in [4.78, 5) is 11.9. The summed E-state index contributed by atoms with van der Waals surface area (Å²) < 4.78 is 91.2. The van der Waals surface area contributed by atoms with Crippen molar-refractivity contribution < 1.29 is 40.6 Å². The number of hydrogen-bond acceptors (Lipinski definition) is 5. The van der Waals surface area contributed by atoms with Crippen molar-refractivity contribution in [3.8, 4) is 11.8 Å². The summed E-state index contributed by atoms with van der Waals surface area (Å²) in [6, 6.07) is 9.82. The molecule has 35 heavy (non-hydrogen) atoms. The molecule has 0 aliphatic carbocycles. The number of nitriles is 1. The van der Waals surface area contributed by atoms with Gasteiger partial charge < -0.3 is 25.0 Å². The second kappa shape index (κ2) is 10.3. The lowest BCUT2D eigenvalue weighted by Crippen LogP contribution is -2.42. The van der Waals surface area contributed by atoms with Gasteiger partial charge in [-0.15, -0.1) is 0 Å². The number of alkyl halides is 6. The molecule has 2 atom stereocenters. The summed E-state index contributed by atoms with van der Waals surface area (Å²) in [5.41, 5.74) is -1.65. The van der Waals surface area contributed by atoms with E-state index in [1.54, 1.807) is 24.3 Å². The molecule has 3 rings (SSSR count). The lowest BCUT2D eigenvalue weighted by molar-refractivity contribution is -0.215. The number of urea groups is 1. The molecule has 0 saturated carbocycles. The molecule has 188 valence electrons. The molecule has 0 spiro atoms. The van der Waals surface area contributed by atoms with Crippen LogP contribution in [0.5, 0.6) is 5.75 Å². The largest absolute Gasteiger partial charge is 0.491 e. The number of nitrogens with one attached hydrogen (secondary N) is 2. The Morgan fingerprint density at radius 1 is 1.17 bits per heavy atom. The van der Waals surface area contributed by atoms with E-state index in [0.717, 1.165) is 17.7 Å². The lowest BCUT2D eigenvalue weighted by Gasteiger charge is -2.27. The molecule has 0 bridgehead atoms. The molecule has 1 fully saturated rings. The van der Waals surface area contributed by atoms with E-state index >= 15 is 0 Å². The second-order valence-corrected chi connectivity index (χ2v) is 7.53. The fraction of sp³-hybridized carbons (Fsp3) is 0.364. The Labute approximate surface area is 196 Å². The Bertz CT molecular complexity index is 1080. The van der Waals surface area contributed by atoms with Crippen molar-refractivity contribution in [2.45, 2.75) is 31.2 Å². The van der Waals surface area contributed by atoms with E-state index in [1.807, 2.05) is 0 Å². The molecule has 0 radical (unpaired) electrons. The second-order valence-electron chi connectivity index (χ2n) is 7.53. The van der Waals surface area contributed by atoms with Gasteiger partial charge in [-0.2, -0.15) is 31.6 Å². The van der Waals surface area contributed by atoms with Crippen LogP contribution < -0.4 is 20.3 Å². The van der Waals surface area contributed by atoms with Gasteiger partial charge in [-0.05, 0) is 35.9 Å². The summed E-state index contributed by atoms with van der Waals surface area (Å²) in [5, 5.41) is 13.9. The summed E-state index contributed by atoms with van der Waals surface area (Å²) in [7, 11) is 1.47. The van der Waals surface area contributed by atoms with Crippen molar-refractivity contribution in [1.29, 1.82) is 5.26 Å². The van der Waals surface area contributed by atoms with Crippen molar-refractivity contribution in [2.24, 2.45) is 0 Å². The number of rotatable bonds is 6. The highest BCUT2D eigenvalue weighted by Gasteiger charge is 2.51. The molecule has 2 amide bonds. The van der Waals surface area contributed by atoms with E-state index < -0.39 is 35.8 Å². The third-order valence-corrected chi connectivity index (χ3v) is 5.08. The highest BCUT2D eigenvalue weighted by Crippen LogP contribution is 2.39. The smallest absolute Gasteiger partial charge is 0.433 e. The molecule has 1 saturated heterocycles. The molecule has 1 aliphatic rings. The molecular formula is C22H20F6N4O3. The monoisotopic (exact) mass is 502 g/mol. The molecule has 2 aromatic rings. The molecular weight excluding hydrogens is 482 g/mol. The summed E-state index contributed by atoms with van der Waals surface area (Å²) in [6.45, 7) is -0.429. The zero-order valence-corrected chi connectivity index (χ0v) is 18.2. The van der Waals surface area contributed by atoms with Gasteiger partial charge in [0.05, 0.1) is 23.7 Å². The Balaban J connectivity index is 1.71. The van der Waals surface area contributed by atoms with Crippen LogP contribution in [0.3, 0.4) is 0 Å². The van der Waals surface area contributed by atoms with Crippen molar-refractivity contribution in [1.82, 2.24) is 10.6 Å². The van der Waals surface area contributed by atoms with Crippen LogP contribution in [0.25, 0.3) is 0 Å². The topological polar surface area (TPSA) is 86.6 Å². The summed E-state index contributed by atoms with van der Waals surface area (Å²) in [6.07, 6.45) is -13.4. The average Bonchev–Trinajstić information content (AvgIpc) is 3.26. The summed E-state index contributed by atoms with van der Waals surface area (Å²) >= 11 is 0. The number of hydrogen-bond donors (Lipinski definition) is 2. The van der Waals surface area contributed by atoms with E-state index in [4.69, 9.17) is 14.7 Å². The quantitative estimate of drug-likeness (QED) is 0.579. The molecule has 7 nitrogen and oxygen atoms in total.